The molecule has 1 N–H and O–H groups in total. The number of hydrogen-bond donors (Lipinski definition) is 1. The van der Waals surface area contributed by atoms with Gasteiger partial charge in [0.05, 0.1) is 35.1 Å². The van der Waals surface area contributed by atoms with Crippen molar-refractivity contribution in [2.24, 2.45) is 7.05 Å². The van der Waals surface area contributed by atoms with Crippen molar-refractivity contribution in [1.29, 1.82) is 0 Å². The van der Waals surface area contributed by atoms with Crippen LogP contribution in [0.25, 0.3) is 0 Å². The second kappa shape index (κ2) is 6.35. The molecule has 9 heteroatoms. The van der Waals surface area contributed by atoms with Gasteiger partial charge in [-0.3, -0.25) is 9.36 Å². The summed E-state index contributed by atoms with van der Waals surface area (Å²) < 4.78 is 30.4. The molecular formula is C17H19N5O3S. The summed E-state index contributed by atoms with van der Waals surface area (Å²) in [5.41, 5.74) is 1.88. The molecule has 4 rings (SSSR count). The van der Waals surface area contributed by atoms with Gasteiger partial charge < -0.3 is 5.11 Å². The number of aliphatic hydroxyl groups excluding tert-OH is 1. The van der Waals surface area contributed by atoms with E-state index >= 15 is 0 Å². The summed E-state index contributed by atoms with van der Waals surface area (Å²) in [5, 5.41) is 19.0. The van der Waals surface area contributed by atoms with E-state index in [2.05, 4.69) is 10.2 Å². The Bertz CT molecular complexity index is 1030. The Morgan fingerprint density at radius 3 is 2.62 bits per heavy atom. The zero-order valence-corrected chi connectivity index (χ0v) is 15.0. The fourth-order valence-corrected chi connectivity index (χ4v) is 4.57. The molecule has 1 aliphatic rings. The van der Waals surface area contributed by atoms with Gasteiger partial charge in [-0.25, -0.2) is 8.42 Å². The summed E-state index contributed by atoms with van der Waals surface area (Å²) in [7, 11) is -1.80. The first-order valence-corrected chi connectivity index (χ1v) is 9.68. The molecule has 0 saturated heterocycles. The summed E-state index contributed by atoms with van der Waals surface area (Å²) >= 11 is 0. The molecule has 1 aromatic carbocycles. The Hall–Kier alpha value is -2.49. The van der Waals surface area contributed by atoms with Gasteiger partial charge in [0.2, 0.25) is 10.0 Å². The van der Waals surface area contributed by atoms with E-state index in [1.54, 1.807) is 65.1 Å². The number of fused-ring (bicyclic) bond motifs is 1. The Morgan fingerprint density at radius 2 is 1.92 bits per heavy atom. The Labute approximate surface area is 151 Å². The maximum absolute atomic E-state index is 12.8. The predicted octanol–water partition coefficient (Wildman–Crippen LogP) is 0.903. The van der Waals surface area contributed by atoms with Gasteiger partial charge in [0.15, 0.2) is 0 Å². The Balaban J connectivity index is 1.60. The minimum absolute atomic E-state index is 0.225. The van der Waals surface area contributed by atoms with Crippen molar-refractivity contribution in [1.82, 2.24) is 23.9 Å². The standard InChI is InChI=1S/C17H19N5O3S/c1-20-16(7-8-18-20)17(23)15-11-13-12-21(9-10-22(13)19-15)26(24,25)14-5-3-2-4-6-14/h2-8,11,17,23H,9-10,12H2,1H3/t17-/m1/s1. The summed E-state index contributed by atoms with van der Waals surface area (Å²) in [6, 6.07) is 11.9. The topological polar surface area (TPSA) is 93.2 Å². The van der Waals surface area contributed by atoms with Crippen LogP contribution in [0.5, 0.6) is 0 Å². The molecule has 0 saturated carbocycles. The molecule has 0 radical (unpaired) electrons. The molecule has 0 spiro atoms. The number of aliphatic hydroxyl groups is 1. The van der Waals surface area contributed by atoms with E-state index in [-0.39, 0.29) is 11.4 Å². The van der Waals surface area contributed by atoms with Gasteiger partial charge in [-0.1, -0.05) is 18.2 Å². The molecule has 0 fully saturated rings. The van der Waals surface area contributed by atoms with Crippen LogP contribution in [0.15, 0.2) is 53.6 Å². The second-order valence-electron chi connectivity index (χ2n) is 6.22. The van der Waals surface area contributed by atoms with Crippen LogP contribution in [0.3, 0.4) is 0 Å². The maximum atomic E-state index is 12.8. The van der Waals surface area contributed by atoms with Crippen LogP contribution < -0.4 is 0 Å². The second-order valence-corrected chi connectivity index (χ2v) is 8.16. The molecule has 136 valence electrons. The first-order valence-electron chi connectivity index (χ1n) is 8.24. The van der Waals surface area contributed by atoms with Crippen LogP contribution in [0.1, 0.15) is 23.2 Å². The van der Waals surface area contributed by atoms with E-state index in [9.17, 15) is 13.5 Å². The highest BCUT2D eigenvalue weighted by Gasteiger charge is 2.30. The Morgan fingerprint density at radius 1 is 1.15 bits per heavy atom. The number of benzene rings is 1. The van der Waals surface area contributed by atoms with Gasteiger partial charge in [-0.2, -0.15) is 14.5 Å². The molecule has 0 aliphatic carbocycles. The van der Waals surface area contributed by atoms with Crippen LogP contribution in [0, 0.1) is 0 Å². The third-order valence-electron chi connectivity index (χ3n) is 4.58. The van der Waals surface area contributed by atoms with Crippen molar-refractivity contribution < 1.29 is 13.5 Å². The van der Waals surface area contributed by atoms with Crippen LogP contribution in [0.2, 0.25) is 0 Å². The van der Waals surface area contributed by atoms with Crippen molar-refractivity contribution >= 4 is 10.0 Å². The number of rotatable bonds is 4. The summed E-state index contributed by atoms with van der Waals surface area (Å²) in [6.45, 7) is 1.01. The third-order valence-corrected chi connectivity index (χ3v) is 6.44. The van der Waals surface area contributed by atoms with E-state index in [0.717, 1.165) is 5.69 Å². The number of aryl methyl sites for hydroxylation is 1. The largest absolute Gasteiger partial charge is 0.380 e. The first-order chi connectivity index (χ1) is 12.5. The number of sulfonamides is 1. The van der Waals surface area contributed by atoms with Gasteiger partial charge in [0, 0.05) is 19.8 Å². The van der Waals surface area contributed by atoms with Crippen molar-refractivity contribution in [3.63, 3.8) is 0 Å². The third kappa shape index (κ3) is 2.83. The van der Waals surface area contributed by atoms with E-state index < -0.39 is 16.1 Å². The number of hydrogen-bond acceptors (Lipinski definition) is 5. The van der Waals surface area contributed by atoms with E-state index in [4.69, 9.17) is 0 Å². The normalized spacial score (nSPS) is 16.4. The first kappa shape index (κ1) is 17.0. The maximum Gasteiger partial charge on any atom is 0.243 e. The highest BCUT2D eigenvalue weighted by atomic mass is 32.2. The predicted molar refractivity (Wildman–Crippen MR) is 93.5 cm³/mol. The highest BCUT2D eigenvalue weighted by Crippen LogP contribution is 2.25. The monoisotopic (exact) mass is 373 g/mol. The van der Waals surface area contributed by atoms with Crippen LogP contribution in [-0.2, 0) is 30.2 Å². The van der Waals surface area contributed by atoms with Gasteiger partial charge >= 0.3 is 0 Å². The van der Waals surface area contributed by atoms with Crippen LogP contribution in [0.4, 0.5) is 0 Å². The molecule has 0 bridgehead atoms. The van der Waals surface area contributed by atoms with E-state index in [0.29, 0.717) is 24.5 Å². The minimum Gasteiger partial charge on any atom is -0.380 e. The van der Waals surface area contributed by atoms with Gasteiger partial charge in [-0.15, -0.1) is 0 Å². The summed E-state index contributed by atoms with van der Waals surface area (Å²) in [6.07, 6.45) is 0.711. The Kier molecular flexibility index (Phi) is 4.14. The van der Waals surface area contributed by atoms with Crippen LogP contribution in [-0.4, -0.2) is 43.9 Å². The lowest BCUT2D eigenvalue weighted by atomic mass is 10.2. The molecule has 26 heavy (non-hydrogen) atoms. The lowest BCUT2D eigenvalue weighted by Crippen LogP contribution is -2.38. The SMILES string of the molecule is Cn1nccc1[C@H](O)c1cc2n(n1)CCN(S(=O)(=O)c1ccccc1)C2. The number of aromatic nitrogens is 4. The molecule has 8 nitrogen and oxygen atoms in total. The lowest BCUT2D eigenvalue weighted by molar-refractivity contribution is 0.203. The quantitative estimate of drug-likeness (QED) is 0.734. The van der Waals surface area contributed by atoms with Gasteiger partial charge in [-0.05, 0) is 24.3 Å². The van der Waals surface area contributed by atoms with E-state index in [1.165, 1.54) is 4.31 Å². The molecule has 2 aromatic heterocycles. The fraction of sp³-hybridized carbons (Fsp3) is 0.294. The number of nitrogens with zero attached hydrogens (tertiary/aromatic N) is 5. The zero-order valence-electron chi connectivity index (χ0n) is 14.2. The van der Waals surface area contributed by atoms with Crippen LogP contribution >= 0.6 is 0 Å². The molecule has 3 heterocycles. The average Bonchev–Trinajstić information content (AvgIpc) is 3.27. The summed E-state index contributed by atoms with van der Waals surface area (Å²) in [5.74, 6) is 0. The van der Waals surface area contributed by atoms with E-state index in [1.807, 2.05) is 0 Å². The average molecular weight is 373 g/mol. The zero-order chi connectivity index (χ0) is 18.3. The molecule has 3 aromatic rings. The molecule has 1 aliphatic heterocycles. The minimum atomic E-state index is -3.55. The summed E-state index contributed by atoms with van der Waals surface area (Å²) in [4.78, 5) is 0.281. The highest BCUT2D eigenvalue weighted by molar-refractivity contribution is 7.89. The lowest BCUT2D eigenvalue weighted by Gasteiger charge is -2.26. The molecule has 0 amide bonds. The van der Waals surface area contributed by atoms with Crippen molar-refractivity contribution in [2.45, 2.75) is 24.1 Å². The fourth-order valence-electron chi connectivity index (χ4n) is 3.15. The molecular weight excluding hydrogens is 354 g/mol. The smallest absolute Gasteiger partial charge is 0.243 e. The molecule has 1 atom stereocenters. The molecule has 0 unspecified atom stereocenters. The van der Waals surface area contributed by atoms with Gasteiger partial charge in [0.1, 0.15) is 6.10 Å². The van der Waals surface area contributed by atoms with Crippen molar-refractivity contribution in [3.8, 4) is 0 Å². The van der Waals surface area contributed by atoms with Gasteiger partial charge in [0.25, 0.3) is 0 Å². The van der Waals surface area contributed by atoms with Crippen molar-refractivity contribution in [3.05, 3.63) is 65.7 Å². The van der Waals surface area contributed by atoms with Crippen molar-refractivity contribution in [2.75, 3.05) is 6.54 Å².